The predicted octanol–water partition coefficient (Wildman–Crippen LogP) is 10.6. The Morgan fingerprint density at radius 3 is 1.54 bits per heavy atom. The second kappa shape index (κ2) is 10.3. The smallest absolute Gasteiger partial charge is 0.205 e. The zero-order valence-corrected chi connectivity index (χ0v) is 27.0. The van der Waals surface area contributed by atoms with Gasteiger partial charge < -0.3 is 40.2 Å². The van der Waals surface area contributed by atoms with Crippen molar-refractivity contribution in [1.29, 1.82) is 0 Å². The summed E-state index contributed by atoms with van der Waals surface area (Å²) in [6.45, 7) is 0. The summed E-state index contributed by atoms with van der Waals surface area (Å²) in [6, 6.07) is 38.0. The van der Waals surface area contributed by atoms with Gasteiger partial charge in [0, 0.05) is 16.3 Å². The Morgan fingerprint density at radius 2 is 0.846 bits per heavy atom. The Morgan fingerprint density at radius 1 is 0.327 bits per heavy atom. The van der Waals surface area contributed by atoms with Gasteiger partial charge in [-0.3, -0.25) is 0 Å². The van der Waals surface area contributed by atoms with Gasteiger partial charge in [-0.25, -0.2) is 0 Å². The fraction of sp³-hybridized carbons (Fsp3) is 0. The van der Waals surface area contributed by atoms with Gasteiger partial charge in [-0.05, 0) is 66.7 Å². The molecule has 0 unspecified atom stereocenters. The molecule has 0 amide bonds. The molecule has 1 heterocycles. The number of benzene rings is 9. The first kappa shape index (κ1) is 29.6. The molecule has 1 aromatic heterocycles. The van der Waals surface area contributed by atoms with E-state index in [9.17, 15) is 35.7 Å². The van der Waals surface area contributed by atoms with Crippen LogP contribution in [0.5, 0.6) is 40.2 Å². The Kier molecular flexibility index (Phi) is 5.89. The standard InChI is InChI=1S/C44H26O8/c45-37-34(38(46)39(47)36-35(37)40(48)42(50)43(51)41(36)49)28-17-13-22-11-15-25-24(14-10-21-12-16-27(28)32(22)31(21)25)26-19-18-23(20-6-2-1-3-7-20)44-33(26)29-8-4-5-9-30(29)52-44/h1-19,45-51H. The number of phenols is 7. The summed E-state index contributed by atoms with van der Waals surface area (Å²) in [6.07, 6.45) is 0. The van der Waals surface area contributed by atoms with E-state index < -0.39 is 51.0 Å². The van der Waals surface area contributed by atoms with Crippen molar-refractivity contribution in [2.24, 2.45) is 0 Å². The molecule has 0 bridgehead atoms. The monoisotopic (exact) mass is 682 g/mol. The van der Waals surface area contributed by atoms with Gasteiger partial charge in [0.2, 0.25) is 11.5 Å². The zero-order valence-electron chi connectivity index (χ0n) is 27.0. The molecule has 0 aliphatic rings. The second-order valence-electron chi connectivity index (χ2n) is 13.0. The van der Waals surface area contributed by atoms with E-state index in [4.69, 9.17) is 4.42 Å². The third-order valence-electron chi connectivity index (χ3n) is 10.4. The minimum absolute atomic E-state index is 0.231. The molecular formula is C44H26O8. The number of hydrogen-bond acceptors (Lipinski definition) is 8. The van der Waals surface area contributed by atoms with Gasteiger partial charge in [0.15, 0.2) is 23.0 Å². The van der Waals surface area contributed by atoms with Crippen molar-refractivity contribution < 1.29 is 40.2 Å². The fourth-order valence-corrected chi connectivity index (χ4v) is 8.04. The van der Waals surface area contributed by atoms with Gasteiger partial charge >= 0.3 is 0 Å². The van der Waals surface area contributed by atoms with Gasteiger partial charge in [-0.1, -0.05) is 103 Å². The van der Waals surface area contributed by atoms with Crippen molar-refractivity contribution in [1.82, 2.24) is 0 Å². The second-order valence-corrected chi connectivity index (χ2v) is 13.0. The van der Waals surface area contributed by atoms with Gasteiger partial charge in [-0.2, -0.15) is 0 Å². The van der Waals surface area contributed by atoms with Crippen LogP contribution in [0.2, 0.25) is 0 Å². The molecule has 0 saturated heterocycles. The summed E-state index contributed by atoms with van der Waals surface area (Å²) in [4.78, 5) is 0. The van der Waals surface area contributed by atoms with E-state index in [2.05, 4.69) is 48.5 Å². The molecule has 10 aromatic rings. The number of phenolic OH excluding ortho intramolecular Hbond substituents is 7. The van der Waals surface area contributed by atoms with Crippen LogP contribution in [-0.4, -0.2) is 35.7 Å². The predicted molar refractivity (Wildman–Crippen MR) is 203 cm³/mol. The van der Waals surface area contributed by atoms with E-state index in [0.717, 1.165) is 71.1 Å². The first-order chi connectivity index (χ1) is 25.2. The summed E-state index contributed by atoms with van der Waals surface area (Å²) in [5.41, 5.74) is 5.66. The van der Waals surface area contributed by atoms with Crippen LogP contribution in [-0.2, 0) is 0 Å². The molecule has 52 heavy (non-hydrogen) atoms. The Hall–Kier alpha value is -7.32. The van der Waals surface area contributed by atoms with Crippen molar-refractivity contribution in [3.05, 3.63) is 115 Å². The summed E-state index contributed by atoms with van der Waals surface area (Å²) in [5.74, 6) is -6.58. The topological polar surface area (TPSA) is 155 Å². The van der Waals surface area contributed by atoms with Crippen molar-refractivity contribution in [2.75, 3.05) is 0 Å². The maximum absolute atomic E-state index is 11.5. The van der Waals surface area contributed by atoms with Crippen LogP contribution in [0.15, 0.2) is 120 Å². The molecule has 250 valence electrons. The molecule has 0 fully saturated rings. The third kappa shape index (κ3) is 3.75. The minimum atomic E-state index is -1.11. The van der Waals surface area contributed by atoms with Crippen LogP contribution < -0.4 is 0 Å². The van der Waals surface area contributed by atoms with Crippen LogP contribution in [0.25, 0.3) is 98.4 Å². The highest BCUT2D eigenvalue weighted by Crippen LogP contribution is 2.60. The zero-order chi connectivity index (χ0) is 35.6. The molecular weight excluding hydrogens is 656 g/mol. The van der Waals surface area contributed by atoms with Crippen molar-refractivity contribution in [3.63, 3.8) is 0 Å². The van der Waals surface area contributed by atoms with Gasteiger partial charge in [-0.15, -0.1) is 0 Å². The summed E-state index contributed by atoms with van der Waals surface area (Å²) >= 11 is 0. The number of furan rings is 1. The maximum atomic E-state index is 11.5. The van der Waals surface area contributed by atoms with Crippen molar-refractivity contribution in [3.8, 4) is 73.6 Å². The average Bonchev–Trinajstić information content (AvgIpc) is 3.57. The molecule has 0 aliphatic carbocycles. The summed E-state index contributed by atoms with van der Waals surface area (Å²) < 4.78 is 6.55. The lowest BCUT2D eigenvalue weighted by molar-refractivity contribution is 0.347. The molecule has 0 spiro atoms. The molecule has 7 N–H and O–H groups in total. The SMILES string of the molecule is Oc1c(O)c(O)c2c(O)c(-c3ccc4ccc5c(-c6ccc(-c7ccccc7)c7oc8ccccc8c67)ccc6ccc3c4c65)c(O)c(O)c2c1O. The number of fused-ring (bicyclic) bond motifs is 4. The van der Waals surface area contributed by atoms with Crippen molar-refractivity contribution >= 4 is 65.0 Å². The molecule has 9 aromatic carbocycles. The maximum Gasteiger partial charge on any atom is 0.205 e. The molecule has 0 aliphatic heterocycles. The lowest BCUT2D eigenvalue weighted by atomic mass is 9.85. The first-order valence-electron chi connectivity index (χ1n) is 16.5. The van der Waals surface area contributed by atoms with Crippen molar-refractivity contribution in [2.45, 2.75) is 0 Å². The normalized spacial score (nSPS) is 12.0. The summed E-state index contributed by atoms with van der Waals surface area (Å²) in [5, 5.41) is 81.6. The number of aromatic hydroxyl groups is 7. The molecule has 8 nitrogen and oxygen atoms in total. The lowest BCUT2D eigenvalue weighted by Crippen LogP contribution is -1.92. The first-order valence-corrected chi connectivity index (χ1v) is 16.5. The molecule has 0 radical (unpaired) electrons. The minimum Gasteiger partial charge on any atom is -0.506 e. The third-order valence-corrected chi connectivity index (χ3v) is 10.4. The summed E-state index contributed by atoms with van der Waals surface area (Å²) in [7, 11) is 0. The van der Waals surface area contributed by atoms with E-state index in [0.29, 0.717) is 10.9 Å². The number of para-hydroxylation sites is 1. The lowest BCUT2D eigenvalue weighted by Gasteiger charge is -2.19. The van der Waals surface area contributed by atoms with Crippen LogP contribution in [0.4, 0.5) is 0 Å². The molecule has 0 atom stereocenters. The van der Waals surface area contributed by atoms with E-state index in [1.54, 1.807) is 6.07 Å². The average molecular weight is 683 g/mol. The fourth-order valence-electron chi connectivity index (χ4n) is 8.04. The number of hydrogen-bond donors (Lipinski definition) is 7. The highest BCUT2D eigenvalue weighted by Gasteiger charge is 2.30. The van der Waals surface area contributed by atoms with Crippen LogP contribution >= 0.6 is 0 Å². The Balaban J connectivity index is 1.28. The largest absolute Gasteiger partial charge is 0.506 e. The van der Waals surface area contributed by atoms with Gasteiger partial charge in [0.1, 0.15) is 16.9 Å². The quantitative estimate of drug-likeness (QED) is 0.0552. The van der Waals surface area contributed by atoms with Crippen LogP contribution in [0.3, 0.4) is 0 Å². The van der Waals surface area contributed by atoms with E-state index >= 15 is 0 Å². The van der Waals surface area contributed by atoms with E-state index in [1.807, 2.05) is 60.7 Å². The van der Waals surface area contributed by atoms with E-state index in [1.165, 1.54) is 0 Å². The van der Waals surface area contributed by atoms with Crippen LogP contribution in [0, 0.1) is 0 Å². The highest BCUT2D eigenvalue weighted by molar-refractivity contribution is 6.29. The number of rotatable bonds is 3. The van der Waals surface area contributed by atoms with Crippen LogP contribution in [0.1, 0.15) is 0 Å². The van der Waals surface area contributed by atoms with Gasteiger partial charge in [0.05, 0.1) is 16.3 Å². The Bertz CT molecular complexity index is 3140. The molecule has 8 heteroatoms. The highest BCUT2D eigenvalue weighted by atomic mass is 16.3. The van der Waals surface area contributed by atoms with E-state index in [-0.39, 0.29) is 5.56 Å². The van der Waals surface area contributed by atoms with Gasteiger partial charge in [0.25, 0.3) is 0 Å². The molecule has 0 saturated carbocycles. The Labute approximate surface area is 293 Å². The molecule has 10 rings (SSSR count).